The number of nitrogens with zero attached hydrogens (tertiary/aromatic N) is 2. The molecule has 4 rings (SSSR count). The van der Waals surface area contributed by atoms with Crippen LogP contribution in [-0.2, 0) is 16.1 Å². The number of fused-ring (bicyclic) bond motifs is 2. The zero-order valence-corrected chi connectivity index (χ0v) is 19.2. The molecule has 2 amide bonds. The molecule has 0 aromatic heterocycles. The maximum absolute atomic E-state index is 13.5. The van der Waals surface area contributed by atoms with Gasteiger partial charge in [0.15, 0.2) is 0 Å². The molecule has 3 aliphatic heterocycles. The number of carbonyl (C=O) groups excluding carboxylic acids is 2. The van der Waals surface area contributed by atoms with Gasteiger partial charge in [-0.05, 0) is 71.4 Å². The van der Waals surface area contributed by atoms with Gasteiger partial charge in [-0.15, -0.1) is 0 Å². The van der Waals surface area contributed by atoms with Crippen molar-refractivity contribution < 1.29 is 14.3 Å². The van der Waals surface area contributed by atoms with Crippen molar-refractivity contribution in [2.45, 2.75) is 89.6 Å². The summed E-state index contributed by atoms with van der Waals surface area (Å²) in [6.07, 6.45) is 5.48. The van der Waals surface area contributed by atoms with Crippen LogP contribution < -0.4 is 5.32 Å². The van der Waals surface area contributed by atoms with Crippen LogP contribution in [0.25, 0.3) is 0 Å². The highest BCUT2D eigenvalue weighted by atomic mass is 16.6. The van der Waals surface area contributed by atoms with E-state index in [0.29, 0.717) is 5.91 Å². The van der Waals surface area contributed by atoms with Crippen molar-refractivity contribution in [3.8, 4) is 0 Å². The van der Waals surface area contributed by atoms with E-state index in [2.05, 4.69) is 39.4 Å². The van der Waals surface area contributed by atoms with Crippen LogP contribution >= 0.6 is 0 Å². The van der Waals surface area contributed by atoms with E-state index in [0.717, 1.165) is 58.2 Å². The fourth-order valence-corrected chi connectivity index (χ4v) is 5.58. The molecule has 31 heavy (non-hydrogen) atoms. The summed E-state index contributed by atoms with van der Waals surface area (Å²) >= 11 is 0. The van der Waals surface area contributed by atoms with E-state index >= 15 is 0 Å². The molecule has 6 heteroatoms. The van der Waals surface area contributed by atoms with Crippen molar-refractivity contribution in [3.05, 3.63) is 35.9 Å². The normalized spacial score (nSPS) is 28.9. The van der Waals surface area contributed by atoms with Crippen molar-refractivity contribution in [1.82, 2.24) is 15.1 Å². The summed E-state index contributed by atoms with van der Waals surface area (Å²) < 4.78 is 5.43. The van der Waals surface area contributed by atoms with Crippen LogP contribution in [0.4, 0.5) is 4.79 Å². The molecule has 0 radical (unpaired) electrons. The molecule has 3 aliphatic rings. The third-order valence-electron chi connectivity index (χ3n) is 6.81. The molecule has 1 aromatic carbocycles. The van der Waals surface area contributed by atoms with E-state index in [9.17, 15) is 9.59 Å². The van der Waals surface area contributed by atoms with Crippen molar-refractivity contribution in [2.75, 3.05) is 13.1 Å². The predicted molar refractivity (Wildman–Crippen MR) is 120 cm³/mol. The molecule has 3 saturated heterocycles. The Balaban J connectivity index is 1.33. The molecule has 1 aromatic rings. The first-order valence-electron chi connectivity index (χ1n) is 11.9. The molecule has 1 unspecified atom stereocenters. The summed E-state index contributed by atoms with van der Waals surface area (Å²) in [5.74, 6) is 0.428. The number of piperidine rings is 2. The van der Waals surface area contributed by atoms with Gasteiger partial charge >= 0.3 is 6.09 Å². The third kappa shape index (κ3) is 5.59. The lowest BCUT2D eigenvalue weighted by atomic mass is 9.91. The van der Waals surface area contributed by atoms with Crippen molar-refractivity contribution in [1.29, 1.82) is 0 Å². The van der Waals surface area contributed by atoms with Gasteiger partial charge in [-0.3, -0.25) is 9.69 Å². The van der Waals surface area contributed by atoms with E-state index < -0.39 is 5.60 Å². The lowest BCUT2D eigenvalue weighted by Crippen LogP contribution is -2.55. The molecular formula is C25H37N3O3. The van der Waals surface area contributed by atoms with Crippen molar-refractivity contribution in [2.24, 2.45) is 5.92 Å². The summed E-state index contributed by atoms with van der Waals surface area (Å²) in [5.41, 5.74) is 0.816. The Hall–Kier alpha value is -2.08. The van der Waals surface area contributed by atoms with Crippen molar-refractivity contribution >= 4 is 12.0 Å². The van der Waals surface area contributed by atoms with Crippen molar-refractivity contribution in [3.63, 3.8) is 0 Å². The Kier molecular flexibility index (Phi) is 6.56. The Morgan fingerprint density at radius 2 is 1.74 bits per heavy atom. The number of hydrogen-bond acceptors (Lipinski definition) is 4. The van der Waals surface area contributed by atoms with E-state index in [1.54, 1.807) is 0 Å². The van der Waals surface area contributed by atoms with Gasteiger partial charge < -0.3 is 15.0 Å². The van der Waals surface area contributed by atoms with Crippen LogP contribution in [0.15, 0.2) is 30.3 Å². The number of rotatable bonds is 4. The molecule has 2 bridgehead atoms. The minimum absolute atomic E-state index is 0.0935. The topological polar surface area (TPSA) is 61.9 Å². The SMILES string of the molecule is CC(C)(C)OC(=O)N[C@@H]1C[C@H]2CC[C@@H](C1)N2C(=O)C1CCCN(Cc2ccccc2)C1. The van der Waals surface area contributed by atoms with Crippen LogP contribution in [0.3, 0.4) is 0 Å². The number of benzene rings is 1. The van der Waals surface area contributed by atoms with Gasteiger partial charge in [0.25, 0.3) is 0 Å². The van der Waals surface area contributed by atoms with Crippen LogP contribution in [0.2, 0.25) is 0 Å². The Bertz CT molecular complexity index is 762. The highest BCUT2D eigenvalue weighted by Crippen LogP contribution is 2.38. The number of likely N-dealkylation sites (tertiary alicyclic amines) is 1. The monoisotopic (exact) mass is 427 g/mol. The number of amides is 2. The summed E-state index contributed by atoms with van der Waals surface area (Å²) in [4.78, 5) is 30.3. The second-order valence-corrected chi connectivity index (χ2v) is 10.5. The lowest BCUT2D eigenvalue weighted by Gasteiger charge is -2.42. The summed E-state index contributed by atoms with van der Waals surface area (Å²) in [6.45, 7) is 8.46. The first-order chi connectivity index (χ1) is 14.8. The second-order valence-electron chi connectivity index (χ2n) is 10.5. The molecule has 0 aliphatic carbocycles. The van der Waals surface area contributed by atoms with Gasteiger partial charge in [0, 0.05) is 31.2 Å². The first kappa shape index (κ1) is 22.1. The number of ether oxygens (including phenoxy) is 1. The first-order valence-corrected chi connectivity index (χ1v) is 11.9. The van der Waals surface area contributed by atoms with Gasteiger partial charge in [0.2, 0.25) is 5.91 Å². The predicted octanol–water partition coefficient (Wildman–Crippen LogP) is 3.95. The molecule has 6 nitrogen and oxygen atoms in total. The van der Waals surface area contributed by atoms with Gasteiger partial charge in [-0.25, -0.2) is 4.79 Å². The summed E-state index contributed by atoms with van der Waals surface area (Å²) in [7, 11) is 0. The third-order valence-corrected chi connectivity index (χ3v) is 6.81. The second kappa shape index (κ2) is 9.19. The van der Waals surface area contributed by atoms with E-state index in [-0.39, 0.29) is 30.1 Å². The smallest absolute Gasteiger partial charge is 0.407 e. The lowest BCUT2D eigenvalue weighted by molar-refractivity contribution is -0.142. The number of alkyl carbamates (subject to hydrolysis) is 1. The summed E-state index contributed by atoms with van der Waals surface area (Å²) in [5, 5.41) is 3.04. The van der Waals surface area contributed by atoms with Crippen LogP contribution in [0.1, 0.15) is 64.9 Å². The minimum Gasteiger partial charge on any atom is -0.444 e. The largest absolute Gasteiger partial charge is 0.444 e. The van der Waals surface area contributed by atoms with E-state index in [1.165, 1.54) is 5.56 Å². The van der Waals surface area contributed by atoms with Gasteiger partial charge in [0.1, 0.15) is 5.60 Å². The quantitative estimate of drug-likeness (QED) is 0.791. The molecule has 0 spiro atoms. The number of hydrogen-bond donors (Lipinski definition) is 1. The van der Waals surface area contributed by atoms with Crippen LogP contribution in [-0.4, -0.2) is 58.6 Å². The minimum atomic E-state index is -0.494. The molecule has 1 N–H and O–H groups in total. The maximum atomic E-state index is 13.5. The molecule has 3 heterocycles. The standard InChI is InChI=1S/C25H37N3O3/c1-25(2,3)31-24(30)26-20-14-21-11-12-22(15-20)28(21)23(29)19-10-7-13-27(17-19)16-18-8-5-4-6-9-18/h4-6,8-9,19-22H,7,10-17H2,1-3H3,(H,26,30)/t19?,20-,21-,22+. The van der Waals surface area contributed by atoms with Gasteiger partial charge in [0.05, 0.1) is 5.92 Å². The average Bonchev–Trinajstić information content (AvgIpc) is 2.97. The Morgan fingerprint density at radius 1 is 1.06 bits per heavy atom. The van der Waals surface area contributed by atoms with Crippen LogP contribution in [0, 0.1) is 5.92 Å². The van der Waals surface area contributed by atoms with Gasteiger partial charge in [-0.2, -0.15) is 0 Å². The fourth-order valence-electron chi connectivity index (χ4n) is 5.58. The molecule has 0 saturated carbocycles. The highest BCUT2D eigenvalue weighted by molar-refractivity contribution is 5.80. The molecule has 170 valence electrons. The van der Waals surface area contributed by atoms with E-state index in [4.69, 9.17) is 4.74 Å². The number of carbonyl (C=O) groups is 2. The van der Waals surface area contributed by atoms with E-state index in [1.807, 2.05) is 26.8 Å². The zero-order valence-electron chi connectivity index (χ0n) is 19.2. The zero-order chi connectivity index (χ0) is 22.0. The number of nitrogens with one attached hydrogen (secondary N) is 1. The maximum Gasteiger partial charge on any atom is 0.407 e. The molecular weight excluding hydrogens is 390 g/mol. The molecule has 4 atom stereocenters. The molecule has 3 fully saturated rings. The van der Waals surface area contributed by atoms with Crippen LogP contribution in [0.5, 0.6) is 0 Å². The highest BCUT2D eigenvalue weighted by Gasteiger charge is 2.45. The summed E-state index contributed by atoms with van der Waals surface area (Å²) in [6, 6.07) is 11.1. The Labute approximate surface area is 186 Å². The average molecular weight is 428 g/mol. The fraction of sp³-hybridized carbons (Fsp3) is 0.680. The Morgan fingerprint density at radius 3 is 2.39 bits per heavy atom. The van der Waals surface area contributed by atoms with Gasteiger partial charge in [-0.1, -0.05) is 30.3 Å².